The second-order valence-electron chi connectivity index (χ2n) is 10.5. The summed E-state index contributed by atoms with van der Waals surface area (Å²) in [5, 5.41) is 0. The third kappa shape index (κ3) is 3.78. The average Bonchev–Trinajstić information content (AvgIpc) is 3.33. The standard InChI is InChI=1S/C39H31N/c1-2-29-23-25-35-36-26-24-34(40(32-19-11-5-12-20-32)33-21-13-6-14-22-33)28-38(36)39(37(35)27-29,30-15-7-3-8-16-30)31-17-9-4-10-18-31/h3-28H,2H2,1H3. The lowest BCUT2D eigenvalue weighted by Gasteiger charge is -2.35. The second-order valence-corrected chi connectivity index (χ2v) is 10.5. The van der Waals surface area contributed by atoms with E-state index < -0.39 is 5.41 Å². The van der Waals surface area contributed by atoms with E-state index in [1.807, 2.05) is 0 Å². The van der Waals surface area contributed by atoms with Crippen LogP contribution in [-0.4, -0.2) is 0 Å². The van der Waals surface area contributed by atoms with Gasteiger partial charge in [0.15, 0.2) is 0 Å². The molecule has 1 nitrogen and oxygen atoms in total. The summed E-state index contributed by atoms with van der Waals surface area (Å²) < 4.78 is 0. The summed E-state index contributed by atoms with van der Waals surface area (Å²) in [5.41, 5.74) is 12.2. The van der Waals surface area contributed by atoms with Crippen LogP contribution in [0.5, 0.6) is 0 Å². The van der Waals surface area contributed by atoms with Crippen molar-refractivity contribution in [3.05, 3.63) is 186 Å². The van der Waals surface area contributed by atoms with Crippen LogP contribution in [0.15, 0.2) is 158 Å². The fourth-order valence-electron chi connectivity index (χ4n) is 6.48. The molecule has 1 heteroatoms. The molecule has 6 aromatic rings. The SMILES string of the molecule is CCc1ccc2c(c1)C(c1ccccc1)(c1ccccc1)c1cc(N(c3ccccc3)c3ccccc3)ccc1-2. The fourth-order valence-corrected chi connectivity index (χ4v) is 6.48. The zero-order chi connectivity index (χ0) is 26.9. The first kappa shape index (κ1) is 24.2. The highest BCUT2D eigenvalue weighted by molar-refractivity contribution is 5.89. The van der Waals surface area contributed by atoms with E-state index in [0.29, 0.717) is 0 Å². The molecule has 1 aliphatic rings. The summed E-state index contributed by atoms with van der Waals surface area (Å²) in [6.07, 6.45) is 1.00. The number of nitrogens with zero attached hydrogens (tertiary/aromatic N) is 1. The van der Waals surface area contributed by atoms with Crippen molar-refractivity contribution < 1.29 is 0 Å². The van der Waals surface area contributed by atoms with E-state index >= 15 is 0 Å². The Morgan fingerprint density at radius 2 is 0.900 bits per heavy atom. The van der Waals surface area contributed by atoms with Gasteiger partial charge in [-0.3, -0.25) is 0 Å². The maximum atomic E-state index is 2.45. The number of hydrogen-bond donors (Lipinski definition) is 0. The number of para-hydroxylation sites is 2. The fraction of sp³-hybridized carbons (Fsp3) is 0.0769. The van der Waals surface area contributed by atoms with Crippen molar-refractivity contribution in [2.75, 3.05) is 4.90 Å². The molecule has 0 saturated carbocycles. The molecule has 0 bridgehead atoms. The van der Waals surface area contributed by atoms with Gasteiger partial charge >= 0.3 is 0 Å². The van der Waals surface area contributed by atoms with Crippen molar-refractivity contribution in [2.45, 2.75) is 18.8 Å². The van der Waals surface area contributed by atoms with E-state index in [2.05, 4.69) is 170 Å². The predicted molar refractivity (Wildman–Crippen MR) is 168 cm³/mol. The molecule has 7 rings (SSSR count). The molecule has 0 N–H and O–H groups in total. The van der Waals surface area contributed by atoms with Crippen LogP contribution in [0.1, 0.15) is 34.7 Å². The lowest BCUT2D eigenvalue weighted by atomic mass is 9.67. The molecule has 0 aromatic heterocycles. The largest absolute Gasteiger partial charge is 0.310 e. The Balaban J connectivity index is 1.56. The molecule has 0 fully saturated rings. The number of hydrogen-bond acceptors (Lipinski definition) is 1. The Morgan fingerprint density at radius 3 is 1.40 bits per heavy atom. The normalized spacial score (nSPS) is 12.9. The molecule has 0 saturated heterocycles. The minimum Gasteiger partial charge on any atom is -0.310 e. The van der Waals surface area contributed by atoms with Crippen LogP contribution in [0.2, 0.25) is 0 Å². The molecule has 0 atom stereocenters. The summed E-state index contributed by atoms with van der Waals surface area (Å²) in [4.78, 5) is 2.36. The lowest BCUT2D eigenvalue weighted by Crippen LogP contribution is -2.29. The smallest absolute Gasteiger partial charge is 0.0714 e. The molecule has 0 heterocycles. The zero-order valence-electron chi connectivity index (χ0n) is 22.7. The number of benzene rings is 6. The van der Waals surface area contributed by atoms with Crippen molar-refractivity contribution >= 4 is 17.1 Å². The average molecular weight is 514 g/mol. The maximum Gasteiger partial charge on any atom is 0.0714 e. The lowest BCUT2D eigenvalue weighted by molar-refractivity contribution is 0.766. The van der Waals surface area contributed by atoms with Crippen LogP contribution in [0.4, 0.5) is 17.1 Å². The number of anilines is 3. The minimum absolute atomic E-state index is 0.423. The first-order chi connectivity index (χ1) is 19.8. The highest BCUT2D eigenvalue weighted by Crippen LogP contribution is 2.57. The first-order valence-corrected chi connectivity index (χ1v) is 14.1. The molecule has 192 valence electrons. The molecule has 0 unspecified atom stereocenters. The van der Waals surface area contributed by atoms with Gasteiger partial charge in [0.05, 0.1) is 5.41 Å². The van der Waals surface area contributed by atoms with Gasteiger partial charge in [-0.15, -0.1) is 0 Å². The molecule has 0 aliphatic heterocycles. The van der Waals surface area contributed by atoms with Crippen LogP contribution < -0.4 is 4.90 Å². The summed E-state index contributed by atoms with van der Waals surface area (Å²) in [7, 11) is 0. The Hall–Kier alpha value is -4.88. The molecule has 0 radical (unpaired) electrons. The summed E-state index contributed by atoms with van der Waals surface area (Å²) in [6.45, 7) is 2.24. The number of fused-ring (bicyclic) bond motifs is 3. The van der Waals surface area contributed by atoms with Gasteiger partial charge in [0, 0.05) is 17.1 Å². The molecule has 0 spiro atoms. The van der Waals surface area contributed by atoms with E-state index in [1.165, 1.54) is 38.9 Å². The van der Waals surface area contributed by atoms with Gasteiger partial charge in [-0.2, -0.15) is 0 Å². The van der Waals surface area contributed by atoms with Gasteiger partial charge in [0.2, 0.25) is 0 Å². The van der Waals surface area contributed by atoms with Crippen LogP contribution in [0, 0.1) is 0 Å². The van der Waals surface area contributed by atoms with Crippen LogP contribution in [0.25, 0.3) is 11.1 Å². The quantitative estimate of drug-likeness (QED) is 0.214. The third-order valence-corrected chi connectivity index (χ3v) is 8.29. The number of aryl methyl sites for hydroxylation is 1. The number of rotatable bonds is 6. The molecular weight excluding hydrogens is 482 g/mol. The first-order valence-electron chi connectivity index (χ1n) is 14.1. The molecule has 6 aromatic carbocycles. The maximum absolute atomic E-state index is 2.45. The highest BCUT2D eigenvalue weighted by Gasteiger charge is 2.46. The van der Waals surface area contributed by atoms with Gasteiger partial charge in [-0.1, -0.05) is 128 Å². The highest BCUT2D eigenvalue weighted by atomic mass is 15.1. The van der Waals surface area contributed by atoms with E-state index in [4.69, 9.17) is 0 Å². The van der Waals surface area contributed by atoms with Crippen LogP contribution in [-0.2, 0) is 11.8 Å². The Bertz CT molecular complexity index is 1680. The Morgan fingerprint density at radius 1 is 0.450 bits per heavy atom. The van der Waals surface area contributed by atoms with Gasteiger partial charge in [-0.05, 0) is 81.8 Å². The van der Waals surface area contributed by atoms with Crippen LogP contribution >= 0.6 is 0 Å². The minimum atomic E-state index is -0.423. The van der Waals surface area contributed by atoms with Crippen molar-refractivity contribution in [1.29, 1.82) is 0 Å². The van der Waals surface area contributed by atoms with Crippen LogP contribution in [0.3, 0.4) is 0 Å². The Kier molecular flexibility index (Phi) is 6.06. The third-order valence-electron chi connectivity index (χ3n) is 8.29. The topological polar surface area (TPSA) is 3.24 Å². The van der Waals surface area contributed by atoms with Crippen molar-refractivity contribution in [2.24, 2.45) is 0 Å². The van der Waals surface area contributed by atoms with Gasteiger partial charge < -0.3 is 4.90 Å². The van der Waals surface area contributed by atoms with Gasteiger partial charge in [0.25, 0.3) is 0 Å². The van der Waals surface area contributed by atoms with E-state index in [9.17, 15) is 0 Å². The van der Waals surface area contributed by atoms with E-state index in [-0.39, 0.29) is 0 Å². The van der Waals surface area contributed by atoms with Crippen molar-refractivity contribution in [3.63, 3.8) is 0 Å². The van der Waals surface area contributed by atoms with Gasteiger partial charge in [0.1, 0.15) is 0 Å². The summed E-state index contributed by atoms with van der Waals surface area (Å²) >= 11 is 0. The summed E-state index contributed by atoms with van der Waals surface area (Å²) in [5.74, 6) is 0. The van der Waals surface area contributed by atoms with E-state index in [0.717, 1.165) is 23.5 Å². The Labute approximate surface area is 237 Å². The molecule has 0 amide bonds. The van der Waals surface area contributed by atoms with Crippen molar-refractivity contribution in [3.8, 4) is 11.1 Å². The van der Waals surface area contributed by atoms with Gasteiger partial charge in [-0.25, -0.2) is 0 Å². The van der Waals surface area contributed by atoms with E-state index in [1.54, 1.807) is 0 Å². The zero-order valence-corrected chi connectivity index (χ0v) is 22.7. The summed E-state index contributed by atoms with van der Waals surface area (Å²) in [6, 6.07) is 57.6. The monoisotopic (exact) mass is 513 g/mol. The predicted octanol–water partition coefficient (Wildman–Crippen LogP) is 10.1. The molecule has 40 heavy (non-hydrogen) atoms. The molecule has 1 aliphatic carbocycles. The molecular formula is C39H31N. The van der Waals surface area contributed by atoms with Crippen molar-refractivity contribution in [1.82, 2.24) is 0 Å². The second kappa shape index (κ2) is 10.0.